The summed E-state index contributed by atoms with van der Waals surface area (Å²) in [5.41, 5.74) is 0. The Bertz CT molecular complexity index is 409. The van der Waals surface area contributed by atoms with Crippen molar-refractivity contribution in [3.63, 3.8) is 0 Å². The minimum Gasteiger partial charge on any atom is -0.379 e. The predicted molar refractivity (Wildman–Crippen MR) is 119 cm³/mol. The lowest BCUT2D eigenvalue weighted by Gasteiger charge is -2.16. The van der Waals surface area contributed by atoms with Gasteiger partial charge in [0.25, 0.3) is 0 Å². The lowest BCUT2D eigenvalue weighted by Crippen LogP contribution is -2.20. The van der Waals surface area contributed by atoms with Gasteiger partial charge in [-0.15, -0.1) is 0 Å². The summed E-state index contributed by atoms with van der Waals surface area (Å²) in [6, 6.07) is 0. The molecule has 164 valence electrons. The maximum atomic E-state index is 5.83. The van der Waals surface area contributed by atoms with Crippen molar-refractivity contribution in [3.05, 3.63) is 18.7 Å². The zero-order valence-corrected chi connectivity index (χ0v) is 18.7. The van der Waals surface area contributed by atoms with Crippen molar-refractivity contribution in [1.82, 2.24) is 9.55 Å². The van der Waals surface area contributed by atoms with E-state index in [1.165, 1.54) is 77.0 Å². The molecule has 0 bridgehead atoms. The number of rotatable bonds is 21. The first-order valence-corrected chi connectivity index (χ1v) is 12.0. The Labute approximate surface area is 174 Å². The van der Waals surface area contributed by atoms with Gasteiger partial charge in [-0.25, -0.2) is 4.98 Å². The standard InChI is InChI=1S/C24H46N2O2/c1-3-5-21-28-24(4-2)22-27-20-16-14-12-10-8-6-7-9-11-13-15-18-26-19-17-25-23-26/h17,19,23-24H,3-16,18,20-22H2,1-2H3. The molecule has 1 aromatic heterocycles. The minimum atomic E-state index is 0.289. The Hall–Kier alpha value is -0.870. The monoisotopic (exact) mass is 394 g/mol. The molecule has 1 atom stereocenters. The van der Waals surface area contributed by atoms with Crippen molar-refractivity contribution < 1.29 is 9.47 Å². The quantitative estimate of drug-likeness (QED) is 0.215. The molecule has 1 rings (SSSR count). The van der Waals surface area contributed by atoms with Crippen LogP contribution in [0.3, 0.4) is 0 Å². The van der Waals surface area contributed by atoms with Crippen LogP contribution in [0.1, 0.15) is 104 Å². The third-order valence-electron chi connectivity index (χ3n) is 5.37. The number of hydrogen-bond donors (Lipinski definition) is 0. The Balaban J connectivity index is 1.73. The molecule has 0 fully saturated rings. The summed E-state index contributed by atoms with van der Waals surface area (Å²) >= 11 is 0. The van der Waals surface area contributed by atoms with E-state index in [9.17, 15) is 0 Å². The van der Waals surface area contributed by atoms with E-state index in [-0.39, 0.29) is 6.10 Å². The number of unbranched alkanes of at least 4 members (excludes halogenated alkanes) is 11. The fraction of sp³-hybridized carbons (Fsp3) is 0.875. The van der Waals surface area contributed by atoms with E-state index in [1.807, 2.05) is 12.5 Å². The number of nitrogens with zero attached hydrogens (tertiary/aromatic N) is 2. The summed E-state index contributed by atoms with van der Waals surface area (Å²) in [7, 11) is 0. The molecule has 0 aliphatic rings. The summed E-state index contributed by atoms with van der Waals surface area (Å²) in [5, 5.41) is 0. The first kappa shape index (κ1) is 25.2. The average Bonchev–Trinajstić information content (AvgIpc) is 3.23. The smallest absolute Gasteiger partial charge is 0.0945 e. The third-order valence-corrected chi connectivity index (χ3v) is 5.37. The van der Waals surface area contributed by atoms with Gasteiger partial charge in [-0.05, 0) is 25.7 Å². The zero-order chi connectivity index (χ0) is 20.1. The highest BCUT2D eigenvalue weighted by molar-refractivity contribution is 4.73. The number of hydrogen-bond acceptors (Lipinski definition) is 3. The van der Waals surface area contributed by atoms with E-state index in [0.29, 0.717) is 0 Å². The van der Waals surface area contributed by atoms with Gasteiger partial charge in [-0.2, -0.15) is 0 Å². The highest BCUT2D eigenvalue weighted by Gasteiger charge is 2.06. The van der Waals surface area contributed by atoms with Crippen LogP contribution in [0.15, 0.2) is 18.7 Å². The summed E-state index contributed by atoms with van der Waals surface area (Å²) in [6.45, 7) is 8.04. The van der Waals surface area contributed by atoms with Crippen LogP contribution in [0.4, 0.5) is 0 Å². The number of aryl methyl sites for hydroxylation is 1. The Morgan fingerprint density at radius 2 is 1.43 bits per heavy atom. The van der Waals surface area contributed by atoms with E-state index in [4.69, 9.17) is 9.47 Å². The summed E-state index contributed by atoms with van der Waals surface area (Å²) in [6.07, 6.45) is 24.4. The Morgan fingerprint density at radius 1 is 0.786 bits per heavy atom. The van der Waals surface area contributed by atoms with Crippen LogP contribution in [0.2, 0.25) is 0 Å². The van der Waals surface area contributed by atoms with Crippen molar-refractivity contribution in [2.24, 2.45) is 0 Å². The molecule has 1 unspecified atom stereocenters. The normalized spacial score (nSPS) is 12.5. The molecule has 4 heteroatoms. The van der Waals surface area contributed by atoms with Crippen molar-refractivity contribution >= 4 is 0 Å². The molecule has 1 aromatic rings. The van der Waals surface area contributed by atoms with Crippen LogP contribution < -0.4 is 0 Å². The Morgan fingerprint density at radius 3 is 2.00 bits per heavy atom. The van der Waals surface area contributed by atoms with Crippen molar-refractivity contribution in [2.75, 3.05) is 19.8 Å². The molecular weight excluding hydrogens is 348 g/mol. The van der Waals surface area contributed by atoms with Gasteiger partial charge in [0.2, 0.25) is 0 Å². The summed E-state index contributed by atoms with van der Waals surface area (Å²) in [4.78, 5) is 4.08. The van der Waals surface area contributed by atoms with E-state index in [0.717, 1.165) is 39.2 Å². The lowest BCUT2D eigenvalue weighted by atomic mass is 10.1. The fourth-order valence-electron chi connectivity index (χ4n) is 3.40. The van der Waals surface area contributed by atoms with E-state index < -0.39 is 0 Å². The highest BCUT2D eigenvalue weighted by Crippen LogP contribution is 2.12. The highest BCUT2D eigenvalue weighted by atomic mass is 16.5. The SMILES string of the molecule is CCCCOC(CC)COCCCCCCCCCCCCCn1ccnc1. The minimum absolute atomic E-state index is 0.289. The summed E-state index contributed by atoms with van der Waals surface area (Å²) in [5.74, 6) is 0. The third kappa shape index (κ3) is 15.1. The van der Waals surface area contributed by atoms with Gasteiger partial charge in [0.05, 0.1) is 19.0 Å². The van der Waals surface area contributed by atoms with Gasteiger partial charge in [0.1, 0.15) is 0 Å². The molecule has 0 spiro atoms. The topological polar surface area (TPSA) is 36.3 Å². The maximum absolute atomic E-state index is 5.83. The molecule has 28 heavy (non-hydrogen) atoms. The molecule has 0 aliphatic carbocycles. The van der Waals surface area contributed by atoms with Gasteiger partial charge < -0.3 is 14.0 Å². The van der Waals surface area contributed by atoms with E-state index >= 15 is 0 Å². The second-order valence-electron chi connectivity index (χ2n) is 8.02. The molecule has 0 aromatic carbocycles. The first-order valence-electron chi connectivity index (χ1n) is 12.0. The predicted octanol–water partition coefficient (Wildman–Crippen LogP) is 6.79. The molecule has 4 nitrogen and oxygen atoms in total. The molecular formula is C24H46N2O2. The fourth-order valence-corrected chi connectivity index (χ4v) is 3.40. The van der Waals surface area contributed by atoms with E-state index in [2.05, 4.69) is 29.6 Å². The number of ether oxygens (including phenoxy) is 2. The maximum Gasteiger partial charge on any atom is 0.0945 e. The number of aromatic nitrogens is 2. The molecule has 0 saturated carbocycles. The van der Waals surface area contributed by atoms with Gasteiger partial charge >= 0.3 is 0 Å². The van der Waals surface area contributed by atoms with Crippen LogP contribution in [-0.4, -0.2) is 35.5 Å². The second kappa shape index (κ2) is 19.4. The van der Waals surface area contributed by atoms with Crippen molar-refractivity contribution in [1.29, 1.82) is 0 Å². The van der Waals surface area contributed by atoms with Crippen LogP contribution in [0.5, 0.6) is 0 Å². The van der Waals surface area contributed by atoms with Gasteiger partial charge in [-0.3, -0.25) is 0 Å². The molecule has 0 radical (unpaired) electrons. The van der Waals surface area contributed by atoms with Crippen LogP contribution >= 0.6 is 0 Å². The average molecular weight is 395 g/mol. The molecule has 0 amide bonds. The van der Waals surface area contributed by atoms with Crippen LogP contribution in [-0.2, 0) is 16.0 Å². The molecule has 0 aliphatic heterocycles. The molecule has 0 saturated heterocycles. The lowest BCUT2D eigenvalue weighted by molar-refractivity contribution is -0.0197. The van der Waals surface area contributed by atoms with Crippen molar-refractivity contribution in [3.8, 4) is 0 Å². The first-order chi connectivity index (χ1) is 13.9. The van der Waals surface area contributed by atoms with Crippen LogP contribution in [0, 0.1) is 0 Å². The van der Waals surface area contributed by atoms with Gasteiger partial charge in [0, 0.05) is 32.2 Å². The zero-order valence-electron chi connectivity index (χ0n) is 18.7. The number of imidazole rings is 1. The summed E-state index contributed by atoms with van der Waals surface area (Å²) < 4.78 is 13.8. The largest absolute Gasteiger partial charge is 0.379 e. The van der Waals surface area contributed by atoms with Crippen molar-refractivity contribution in [2.45, 2.75) is 116 Å². The van der Waals surface area contributed by atoms with Crippen LogP contribution in [0.25, 0.3) is 0 Å². The molecule has 1 heterocycles. The van der Waals surface area contributed by atoms with E-state index in [1.54, 1.807) is 0 Å². The second-order valence-corrected chi connectivity index (χ2v) is 8.02. The van der Waals surface area contributed by atoms with Gasteiger partial charge in [-0.1, -0.05) is 78.1 Å². The van der Waals surface area contributed by atoms with Gasteiger partial charge in [0.15, 0.2) is 0 Å². The Kier molecular flexibility index (Phi) is 17.5. The molecule has 0 N–H and O–H groups in total.